The van der Waals surface area contributed by atoms with Crippen LogP contribution in [0.1, 0.15) is 6.92 Å². The van der Waals surface area contributed by atoms with Crippen LogP contribution in [0.25, 0.3) is 0 Å². The molecule has 0 aliphatic carbocycles. The van der Waals surface area contributed by atoms with E-state index in [0.717, 1.165) is 0 Å². The molecule has 0 aromatic rings. The van der Waals surface area contributed by atoms with E-state index >= 15 is 0 Å². The summed E-state index contributed by atoms with van der Waals surface area (Å²) in [6.07, 6.45) is 0. The summed E-state index contributed by atoms with van der Waals surface area (Å²) in [6, 6.07) is 1.85. The SMILES string of the molecule is CC#CCOCC#CCOCC#N. The van der Waals surface area contributed by atoms with Crippen molar-refractivity contribution in [1.82, 2.24) is 0 Å². The summed E-state index contributed by atoms with van der Waals surface area (Å²) >= 11 is 0. The molecule has 0 unspecified atom stereocenters. The lowest BCUT2D eigenvalue weighted by Gasteiger charge is -1.90. The second kappa shape index (κ2) is 10.5. The number of rotatable bonds is 4. The first kappa shape index (κ1) is 11.5. The number of ether oxygens (including phenoxy) is 2. The third-order valence-corrected chi connectivity index (χ3v) is 0.991. The van der Waals surface area contributed by atoms with Gasteiger partial charge in [0.05, 0.1) is 6.07 Å². The Hall–Kier alpha value is -1.47. The topological polar surface area (TPSA) is 42.2 Å². The normalized spacial score (nSPS) is 7.38. The molecule has 0 atom stereocenters. The molecule has 0 aromatic heterocycles. The van der Waals surface area contributed by atoms with Crippen molar-refractivity contribution in [2.75, 3.05) is 26.4 Å². The van der Waals surface area contributed by atoms with Crippen LogP contribution in [0.3, 0.4) is 0 Å². The van der Waals surface area contributed by atoms with E-state index in [9.17, 15) is 0 Å². The molecule has 0 rings (SSSR count). The van der Waals surface area contributed by atoms with Crippen molar-refractivity contribution in [1.29, 1.82) is 5.26 Å². The second-order valence-corrected chi connectivity index (χ2v) is 1.92. The molecule has 68 valence electrons. The highest BCUT2D eigenvalue weighted by atomic mass is 16.5. The summed E-state index contributed by atoms with van der Waals surface area (Å²) in [5.41, 5.74) is 0. The monoisotopic (exact) mass is 177 g/mol. The molecule has 0 aromatic carbocycles. The molecule has 0 saturated heterocycles. The molecule has 0 radical (unpaired) electrons. The Morgan fingerprint density at radius 2 is 1.46 bits per heavy atom. The fraction of sp³-hybridized carbons (Fsp3) is 0.500. The zero-order chi connectivity index (χ0) is 9.78. The Morgan fingerprint density at radius 1 is 0.923 bits per heavy atom. The van der Waals surface area contributed by atoms with E-state index in [2.05, 4.69) is 23.7 Å². The van der Waals surface area contributed by atoms with Crippen molar-refractivity contribution in [2.24, 2.45) is 0 Å². The maximum Gasteiger partial charge on any atom is 0.134 e. The number of hydrogen-bond acceptors (Lipinski definition) is 3. The van der Waals surface area contributed by atoms with Crippen LogP contribution in [0, 0.1) is 35.0 Å². The van der Waals surface area contributed by atoms with Crippen molar-refractivity contribution in [3.05, 3.63) is 0 Å². The van der Waals surface area contributed by atoms with Crippen molar-refractivity contribution >= 4 is 0 Å². The molecule has 3 nitrogen and oxygen atoms in total. The molecule has 3 heteroatoms. The largest absolute Gasteiger partial charge is 0.356 e. The predicted octanol–water partition coefficient (Wildman–Crippen LogP) is 0.570. The Kier molecular flexibility index (Phi) is 9.34. The van der Waals surface area contributed by atoms with Gasteiger partial charge < -0.3 is 9.47 Å². The average Bonchev–Trinajstić information content (AvgIpc) is 2.16. The number of nitrogens with zero attached hydrogens (tertiary/aromatic N) is 1. The summed E-state index contributed by atoms with van der Waals surface area (Å²) < 4.78 is 9.81. The van der Waals surface area contributed by atoms with Gasteiger partial charge in [-0.05, 0) is 6.92 Å². The molecule has 0 bridgehead atoms. The zero-order valence-corrected chi connectivity index (χ0v) is 7.59. The van der Waals surface area contributed by atoms with E-state index in [1.54, 1.807) is 6.92 Å². The lowest BCUT2D eigenvalue weighted by atomic mass is 10.6. The van der Waals surface area contributed by atoms with Crippen LogP contribution in [0.5, 0.6) is 0 Å². The van der Waals surface area contributed by atoms with Crippen molar-refractivity contribution in [3.63, 3.8) is 0 Å². The first-order valence-electron chi connectivity index (χ1n) is 3.79. The van der Waals surface area contributed by atoms with Gasteiger partial charge in [0.2, 0.25) is 0 Å². The Bertz CT molecular complexity index is 269. The van der Waals surface area contributed by atoms with Crippen LogP contribution in [0.2, 0.25) is 0 Å². The van der Waals surface area contributed by atoms with E-state index < -0.39 is 0 Å². The highest BCUT2D eigenvalue weighted by Crippen LogP contribution is 1.72. The van der Waals surface area contributed by atoms with Gasteiger partial charge in [-0.2, -0.15) is 5.26 Å². The Labute approximate surface area is 78.6 Å². The van der Waals surface area contributed by atoms with E-state index in [1.807, 2.05) is 6.07 Å². The number of nitriles is 1. The minimum Gasteiger partial charge on any atom is -0.356 e. The van der Waals surface area contributed by atoms with Gasteiger partial charge in [0, 0.05) is 0 Å². The van der Waals surface area contributed by atoms with Crippen molar-refractivity contribution in [2.45, 2.75) is 6.92 Å². The molecule has 0 spiro atoms. The maximum atomic E-state index is 8.10. The molecular weight excluding hydrogens is 166 g/mol. The fourth-order valence-electron chi connectivity index (χ4n) is 0.475. The lowest BCUT2D eigenvalue weighted by Crippen LogP contribution is -1.93. The van der Waals surface area contributed by atoms with Crippen molar-refractivity contribution in [3.8, 4) is 29.8 Å². The molecule has 0 amide bonds. The second-order valence-electron chi connectivity index (χ2n) is 1.92. The van der Waals surface area contributed by atoms with Gasteiger partial charge in [-0.1, -0.05) is 17.8 Å². The molecule has 0 fully saturated rings. The molecule has 0 heterocycles. The molecule has 0 aliphatic heterocycles. The van der Waals surface area contributed by atoms with E-state index in [0.29, 0.717) is 13.2 Å². The highest BCUT2D eigenvalue weighted by molar-refractivity contribution is 5.00. The summed E-state index contributed by atoms with van der Waals surface area (Å²) in [5, 5.41) is 8.10. The van der Waals surface area contributed by atoms with E-state index in [4.69, 9.17) is 14.7 Å². The zero-order valence-electron chi connectivity index (χ0n) is 7.59. The quantitative estimate of drug-likeness (QED) is 0.465. The predicted molar refractivity (Wildman–Crippen MR) is 48.5 cm³/mol. The molecule has 13 heavy (non-hydrogen) atoms. The van der Waals surface area contributed by atoms with Gasteiger partial charge in [0.15, 0.2) is 0 Å². The highest BCUT2D eigenvalue weighted by Gasteiger charge is 1.78. The standard InChI is InChI=1S/C10H11NO2/c1-2-3-7-12-8-4-5-9-13-10-6-11/h7-10H2,1H3. The Balaban J connectivity index is 3.19. The first-order valence-corrected chi connectivity index (χ1v) is 3.79. The van der Waals surface area contributed by atoms with E-state index in [-0.39, 0.29) is 13.2 Å². The van der Waals surface area contributed by atoms with Crippen LogP contribution in [0.4, 0.5) is 0 Å². The van der Waals surface area contributed by atoms with Crippen LogP contribution in [-0.4, -0.2) is 26.4 Å². The maximum absolute atomic E-state index is 8.10. The minimum absolute atomic E-state index is 0.0802. The van der Waals surface area contributed by atoms with Crippen molar-refractivity contribution < 1.29 is 9.47 Å². The summed E-state index contributed by atoms with van der Waals surface area (Å²) in [4.78, 5) is 0. The smallest absolute Gasteiger partial charge is 0.134 e. The van der Waals surface area contributed by atoms with Crippen LogP contribution in [-0.2, 0) is 9.47 Å². The third kappa shape index (κ3) is 10.5. The third-order valence-electron chi connectivity index (χ3n) is 0.991. The first-order chi connectivity index (χ1) is 6.41. The van der Waals surface area contributed by atoms with Gasteiger partial charge in [-0.3, -0.25) is 0 Å². The minimum atomic E-state index is 0.0802. The Morgan fingerprint density at radius 3 is 2.00 bits per heavy atom. The van der Waals surface area contributed by atoms with Gasteiger partial charge in [-0.25, -0.2) is 0 Å². The van der Waals surface area contributed by atoms with Gasteiger partial charge in [-0.15, -0.1) is 5.92 Å². The molecule has 0 N–H and O–H groups in total. The number of hydrogen-bond donors (Lipinski definition) is 0. The van der Waals surface area contributed by atoms with Gasteiger partial charge in [0.25, 0.3) is 0 Å². The van der Waals surface area contributed by atoms with Gasteiger partial charge in [0.1, 0.15) is 26.4 Å². The van der Waals surface area contributed by atoms with Gasteiger partial charge >= 0.3 is 0 Å². The van der Waals surface area contributed by atoms with E-state index in [1.165, 1.54) is 0 Å². The molecule has 0 saturated carbocycles. The molecular formula is C10H11NO2. The molecule has 0 aliphatic rings. The summed E-state index contributed by atoms with van der Waals surface area (Å²) in [5.74, 6) is 10.9. The van der Waals surface area contributed by atoms with Crippen LogP contribution in [0.15, 0.2) is 0 Å². The van der Waals surface area contributed by atoms with Crippen LogP contribution >= 0.6 is 0 Å². The lowest BCUT2D eigenvalue weighted by molar-refractivity contribution is 0.198. The average molecular weight is 177 g/mol. The summed E-state index contributed by atoms with van der Waals surface area (Å²) in [7, 11) is 0. The summed E-state index contributed by atoms with van der Waals surface area (Å²) in [6.45, 7) is 2.87. The fourth-order valence-corrected chi connectivity index (χ4v) is 0.475. The van der Waals surface area contributed by atoms with Crippen LogP contribution < -0.4 is 0 Å².